The molecule has 0 aliphatic carbocycles. The molecule has 3 heteroatoms. The van der Waals surface area contributed by atoms with Crippen LogP contribution in [0.5, 0.6) is 0 Å². The molecule has 2 nitrogen and oxygen atoms in total. The minimum atomic E-state index is 0.602. The predicted octanol–water partition coefficient (Wildman–Crippen LogP) is 3.09. The Balaban J connectivity index is 2.43. The lowest BCUT2D eigenvalue weighted by Crippen LogP contribution is -2.28. The molecular formula is C11H15BrN2. The zero-order chi connectivity index (χ0) is 10.1. The van der Waals surface area contributed by atoms with Gasteiger partial charge in [0, 0.05) is 24.1 Å². The second-order valence-electron chi connectivity index (χ2n) is 3.84. The first-order valence-electron chi connectivity index (χ1n) is 4.95. The van der Waals surface area contributed by atoms with Gasteiger partial charge in [0.05, 0.1) is 11.4 Å². The highest BCUT2D eigenvalue weighted by molar-refractivity contribution is 9.10. The normalized spacial score (nSPS) is 21.1. The van der Waals surface area contributed by atoms with Gasteiger partial charge in [-0.3, -0.25) is 0 Å². The first-order chi connectivity index (χ1) is 6.68. The van der Waals surface area contributed by atoms with Crippen LogP contribution >= 0.6 is 15.9 Å². The van der Waals surface area contributed by atoms with Crippen LogP contribution in [0.4, 0.5) is 11.4 Å². The lowest BCUT2D eigenvalue weighted by molar-refractivity contribution is 0.657. The fourth-order valence-corrected chi connectivity index (χ4v) is 2.17. The van der Waals surface area contributed by atoms with Gasteiger partial charge in [-0.25, -0.2) is 0 Å². The third-order valence-corrected chi connectivity index (χ3v) is 3.37. The maximum Gasteiger partial charge on any atom is 0.0602 e. The molecule has 0 aromatic heterocycles. The standard InChI is InChI=1S/C11H15BrN2/c1-8-5-6-13-10-7-9(12)3-4-11(10)14(8)2/h3-4,7-8,13H,5-6H2,1-2H3. The Morgan fingerprint density at radius 2 is 2.29 bits per heavy atom. The van der Waals surface area contributed by atoms with E-state index >= 15 is 0 Å². The Hall–Kier alpha value is -0.700. The van der Waals surface area contributed by atoms with Crippen molar-refractivity contribution in [3.63, 3.8) is 0 Å². The summed E-state index contributed by atoms with van der Waals surface area (Å²) in [6.07, 6.45) is 1.18. The second kappa shape index (κ2) is 3.81. The zero-order valence-corrected chi connectivity index (χ0v) is 10.1. The SMILES string of the molecule is CC1CCNc2cc(Br)ccc2N1C. The molecule has 1 atom stereocenters. The number of hydrogen-bond donors (Lipinski definition) is 1. The summed E-state index contributed by atoms with van der Waals surface area (Å²) in [5.41, 5.74) is 2.52. The highest BCUT2D eigenvalue weighted by atomic mass is 79.9. The van der Waals surface area contributed by atoms with E-state index in [1.54, 1.807) is 0 Å². The molecule has 0 amide bonds. The van der Waals surface area contributed by atoms with E-state index in [2.05, 4.69) is 58.3 Å². The number of rotatable bonds is 0. The molecule has 1 unspecified atom stereocenters. The lowest BCUT2D eigenvalue weighted by atomic mass is 10.2. The number of halogens is 1. The number of fused-ring (bicyclic) bond motifs is 1. The van der Waals surface area contributed by atoms with Crippen molar-refractivity contribution in [1.29, 1.82) is 0 Å². The highest BCUT2D eigenvalue weighted by Gasteiger charge is 2.17. The molecule has 0 bridgehead atoms. The second-order valence-corrected chi connectivity index (χ2v) is 4.75. The molecule has 1 aliphatic rings. The molecule has 0 saturated heterocycles. The van der Waals surface area contributed by atoms with E-state index in [4.69, 9.17) is 0 Å². The van der Waals surface area contributed by atoms with Gasteiger partial charge in [0.2, 0.25) is 0 Å². The average molecular weight is 255 g/mol. The maximum atomic E-state index is 3.49. The van der Waals surface area contributed by atoms with Crippen LogP contribution in [-0.2, 0) is 0 Å². The summed E-state index contributed by atoms with van der Waals surface area (Å²) >= 11 is 3.49. The van der Waals surface area contributed by atoms with E-state index in [0.717, 1.165) is 11.0 Å². The first-order valence-corrected chi connectivity index (χ1v) is 5.74. The Labute approximate surface area is 93.4 Å². The van der Waals surface area contributed by atoms with Gasteiger partial charge >= 0.3 is 0 Å². The Kier molecular flexibility index (Phi) is 2.68. The first kappa shape index (κ1) is 9.84. The molecule has 14 heavy (non-hydrogen) atoms. The van der Waals surface area contributed by atoms with Crippen molar-refractivity contribution >= 4 is 27.3 Å². The van der Waals surface area contributed by atoms with E-state index in [9.17, 15) is 0 Å². The Bertz CT molecular complexity index is 338. The number of benzene rings is 1. The molecule has 0 radical (unpaired) electrons. The minimum Gasteiger partial charge on any atom is -0.383 e. The summed E-state index contributed by atoms with van der Waals surface area (Å²) in [5, 5.41) is 3.46. The third-order valence-electron chi connectivity index (χ3n) is 2.88. The van der Waals surface area contributed by atoms with E-state index in [0.29, 0.717) is 6.04 Å². The molecule has 1 N–H and O–H groups in total. The van der Waals surface area contributed by atoms with Gasteiger partial charge in [-0.05, 0) is 31.5 Å². The molecule has 0 spiro atoms. The van der Waals surface area contributed by atoms with Crippen LogP contribution < -0.4 is 10.2 Å². The topological polar surface area (TPSA) is 15.3 Å². The molecule has 2 rings (SSSR count). The van der Waals surface area contributed by atoms with Crippen LogP contribution in [0.15, 0.2) is 22.7 Å². The van der Waals surface area contributed by atoms with Gasteiger partial charge in [0.15, 0.2) is 0 Å². The Morgan fingerprint density at radius 3 is 3.07 bits per heavy atom. The van der Waals surface area contributed by atoms with E-state index < -0.39 is 0 Å². The maximum absolute atomic E-state index is 3.49. The molecule has 1 heterocycles. The molecule has 76 valence electrons. The third kappa shape index (κ3) is 1.73. The number of nitrogens with one attached hydrogen (secondary N) is 1. The monoisotopic (exact) mass is 254 g/mol. The van der Waals surface area contributed by atoms with Gasteiger partial charge in [-0.15, -0.1) is 0 Å². The fraction of sp³-hybridized carbons (Fsp3) is 0.455. The predicted molar refractivity (Wildman–Crippen MR) is 65.1 cm³/mol. The quantitative estimate of drug-likeness (QED) is 0.766. The smallest absolute Gasteiger partial charge is 0.0602 e. The van der Waals surface area contributed by atoms with Crippen LogP contribution in [0.3, 0.4) is 0 Å². The van der Waals surface area contributed by atoms with Crippen LogP contribution in [0.25, 0.3) is 0 Å². The highest BCUT2D eigenvalue weighted by Crippen LogP contribution is 2.32. The number of hydrogen-bond acceptors (Lipinski definition) is 2. The molecule has 0 fully saturated rings. The van der Waals surface area contributed by atoms with Crippen molar-refractivity contribution in [2.75, 3.05) is 23.8 Å². The minimum absolute atomic E-state index is 0.602. The number of nitrogens with zero attached hydrogens (tertiary/aromatic N) is 1. The van der Waals surface area contributed by atoms with Crippen molar-refractivity contribution in [3.05, 3.63) is 22.7 Å². The van der Waals surface area contributed by atoms with Crippen molar-refractivity contribution in [3.8, 4) is 0 Å². The van der Waals surface area contributed by atoms with Crippen LogP contribution in [-0.4, -0.2) is 19.6 Å². The van der Waals surface area contributed by atoms with Gasteiger partial charge in [-0.2, -0.15) is 0 Å². The van der Waals surface area contributed by atoms with Gasteiger partial charge in [0.1, 0.15) is 0 Å². The van der Waals surface area contributed by atoms with Gasteiger partial charge < -0.3 is 10.2 Å². The van der Waals surface area contributed by atoms with Crippen molar-refractivity contribution in [1.82, 2.24) is 0 Å². The van der Waals surface area contributed by atoms with Crippen LogP contribution in [0.1, 0.15) is 13.3 Å². The summed E-state index contributed by atoms with van der Waals surface area (Å²) in [6, 6.07) is 7.00. The van der Waals surface area contributed by atoms with Gasteiger partial charge in [-0.1, -0.05) is 15.9 Å². The molecule has 1 aromatic rings. The van der Waals surface area contributed by atoms with Crippen molar-refractivity contribution in [2.45, 2.75) is 19.4 Å². The lowest BCUT2D eigenvalue weighted by Gasteiger charge is -2.25. The van der Waals surface area contributed by atoms with Gasteiger partial charge in [0.25, 0.3) is 0 Å². The summed E-state index contributed by atoms with van der Waals surface area (Å²) in [6.45, 7) is 3.31. The molecule has 1 aliphatic heterocycles. The average Bonchev–Trinajstić information content (AvgIpc) is 2.28. The van der Waals surface area contributed by atoms with Crippen LogP contribution in [0.2, 0.25) is 0 Å². The summed E-state index contributed by atoms with van der Waals surface area (Å²) in [7, 11) is 2.16. The van der Waals surface area contributed by atoms with Crippen molar-refractivity contribution in [2.24, 2.45) is 0 Å². The summed E-state index contributed by atoms with van der Waals surface area (Å²) < 4.78 is 1.13. The molecule has 1 aromatic carbocycles. The van der Waals surface area contributed by atoms with Crippen molar-refractivity contribution < 1.29 is 0 Å². The van der Waals surface area contributed by atoms with E-state index in [1.807, 2.05) is 0 Å². The Morgan fingerprint density at radius 1 is 1.50 bits per heavy atom. The van der Waals surface area contributed by atoms with E-state index in [-0.39, 0.29) is 0 Å². The summed E-state index contributed by atoms with van der Waals surface area (Å²) in [5.74, 6) is 0. The molecular weight excluding hydrogens is 240 g/mol. The zero-order valence-electron chi connectivity index (χ0n) is 8.55. The van der Waals surface area contributed by atoms with E-state index in [1.165, 1.54) is 17.8 Å². The summed E-state index contributed by atoms with van der Waals surface area (Å²) in [4.78, 5) is 2.34. The largest absolute Gasteiger partial charge is 0.383 e. The molecule has 0 saturated carbocycles. The van der Waals surface area contributed by atoms with Crippen LogP contribution in [0, 0.1) is 0 Å². The number of anilines is 2. The fourth-order valence-electron chi connectivity index (χ4n) is 1.80.